The Morgan fingerprint density at radius 1 is 1.14 bits per heavy atom. The van der Waals surface area contributed by atoms with Gasteiger partial charge < -0.3 is 20.2 Å². The van der Waals surface area contributed by atoms with E-state index in [-0.39, 0.29) is 12.5 Å². The van der Waals surface area contributed by atoms with Gasteiger partial charge in [0, 0.05) is 10.2 Å². The number of anilines is 1. The summed E-state index contributed by atoms with van der Waals surface area (Å²) in [7, 11) is 1.56. The van der Waals surface area contributed by atoms with Gasteiger partial charge in [0.15, 0.2) is 18.1 Å². The predicted octanol–water partition coefficient (Wildman–Crippen LogP) is 3.12. The fraction of sp³-hybridized carbons (Fsp3) is 0.211. The molecule has 0 spiro atoms. The van der Waals surface area contributed by atoms with Crippen LogP contribution in [0.4, 0.5) is 5.69 Å². The van der Waals surface area contributed by atoms with E-state index >= 15 is 0 Å². The number of hydrogen-bond acceptors (Lipinski definition) is 6. The minimum absolute atomic E-state index is 0.130. The van der Waals surface area contributed by atoms with Crippen molar-refractivity contribution in [3.05, 3.63) is 64.7 Å². The summed E-state index contributed by atoms with van der Waals surface area (Å²) in [5.74, 6) is 0.758. The van der Waals surface area contributed by atoms with Crippen LogP contribution in [0.25, 0.3) is 0 Å². The third-order valence-electron chi connectivity index (χ3n) is 3.90. The summed E-state index contributed by atoms with van der Waals surface area (Å²) >= 11 is 3.53. The molecule has 1 amide bonds. The zero-order valence-corrected chi connectivity index (χ0v) is 17.1. The molecule has 0 aliphatic carbocycles. The number of carbonyl (C=O) groups excluding carboxylic acids is 1. The molecule has 0 bridgehead atoms. The molecule has 146 valence electrons. The Morgan fingerprint density at radius 3 is 2.54 bits per heavy atom. The van der Waals surface area contributed by atoms with Crippen molar-refractivity contribution >= 4 is 27.5 Å². The Bertz CT molecular complexity index is 929. The van der Waals surface area contributed by atoms with Crippen molar-refractivity contribution < 1.29 is 14.3 Å². The van der Waals surface area contributed by atoms with Crippen molar-refractivity contribution in [3.63, 3.8) is 0 Å². The van der Waals surface area contributed by atoms with Crippen molar-refractivity contribution in [2.75, 3.05) is 24.5 Å². The number of aromatic nitrogens is 3. The average molecular weight is 446 g/mol. The molecule has 0 saturated carbocycles. The highest BCUT2D eigenvalue weighted by atomic mass is 79.9. The minimum atomic E-state index is -0.250. The number of methoxy groups -OCH3 is 1. The third kappa shape index (κ3) is 5.23. The van der Waals surface area contributed by atoms with Crippen molar-refractivity contribution in [3.8, 4) is 11.5 Å². The third-order valence-corrected chi connectivity index (χ3v) is 4.64. The van der Waals surface area contributed by atoms with E-state index in [0.717, 1.165) is 21.3 Å². The second-order valence-electron chi connectivity index (χ2n) is 6.00. The molecule has 0 radical (unpaired) electrons. The first-order valence-corrected chi connectivity index (χ1v) is 9.28. The number of carbonyl (C=O) groups is 1. The number of hydrogen-bond donors (Lipinski definition) is 2. The molecule has 1 aromatic heterocycles. The van der Waals surface area contributed by atoms with Crippen LogP contribution in [0.15, 0.2) is 53.5 Å². The standard InChI is InChI=1S/C19H20BrN5O3/c1-13-3-5-15(6-4-13)24-19(26)10-28-18-8-16(20)14(7-17(18)27-2)9-23-25-11-21-22-12-25/h3-8,11-12,23H,9-10H2,1-2H3,(H,24,26). The monoisotopic (exact) mass is 445 g/mol. The summed E-state index contributed by atoms with van der Waals surface area (Å²) in [5.41, 5.74) is 5.93. The number of ether oxygens (including phenoxy) is 2. The largest absolute Gasteiger partial charge is 0.493 e. The lowest BCUT2D eigenvalue weighted by Gasteiger charge is -2.15. The van der Waals surface area contributed by atoms with Crippen molar-refractivity contribution in [2.45, 2.75) is 13.5 Å². The highest BCUT2D eigenvalue weighted by molar-refractivity contribution is 9.10. The van der Waals surface area contributed by atoms with E-state index in [1.807, 2.05) is 37.3 Å². The molecule has 0 saturated heterocycles. The van der Waals surface area contributed by atoms with Crippen LogP contribution in [0.2, 0.25) is 0 Å². The van der Waals surface area contributed by atoms with Gasteiger partial charge in [0.05, 0.1) is 13.7 Å². The molecular formula is C19H20BrN5O3. The van der Waals surface area contributed by atoms with Crippen LogP contribution >= 0.6 is 15.9 Å². The maximum absolute atomic E-state index is 12.1. The van der Waals surface area contributed by atoms with Crippen LogP contribution in [0.1, 0.15) is 11.1 Å². The van der Waals surface area contributed by atoms with Crippen molar-refractivity contribution in [1.82, 2.24) is 14.9 Å². The summed E-state index contributed by atoms with van der Waals surface area (Å²) in [6, 6.07) is 11.2. The Morgan fingerprint density at radius 2 is 1.86 bits per heavy atom. The van der Waals surface area contributed by atoms with Crippen molar-refractivity contribution in [2.24, 2.45) is 0 Å². The van der Waals surface area contributed by atoms with Crippen LogP contribution < -0.4 is 20.2 Å². The Kier molecular flexibility index (Phi) is 6.49. The Labute approximate surface area is 171 Å². The summed E-state index contributed by atoms with van der Waals surface area (Å²) in [5, 5.41) is 10.3. The first-order valence-electron chi connectivity index (χ1n) is 8.49. The molecule has 8 nitrogen and oxygen atoms in total. The van der Waals surface area contributed by atoms with Crippen LogP contribution in [0.3, 0.4) is 0 Å². The molecule has 0 atom stereocenters. The highest BCUT2D eigenvalue weighted by Crippen LogP contribution is 2.33. The zero-order valence-electron chi connectivity index (χ0n) is 15.5. The number of nitrogens with one attached hydrogen (secondary N) is 2. The second-order valence-corrected chi connectivity index (χ2v) is 6.86. The van der Waals surface area contributed by atoms with Crippen LogP contribution in [-0.4, -0.2) is 34.5 Å². The number of aryl methyl sites for hydroxylation is 1. The molecule has 3 rings (SSSR count). The van der Waals surface area contributed by atoms with E-state index in [9.17, 15) is 4.79 Å². The molecule has 28 heavy (non-hydrogen) atoms. The van der Waals surface area contributed by atoms with Gasteiger partial charge in [0.25, 0.3) is 5.91 Å². The lowest BCUT2D eigenvalue weighted by atomic mass is 10.2. The molecule has 1 heterocycles. The fourth-order valence-electron chi connectivity index (χ4n) is 2.42. The smallest absolute Gasteiger partial charge is 0.262 e. The number of benzene rings is 2. The lowest BCUT2D eigenvalue weighted by Crippen LogP contribution is -2.20. The molecule has 9 heteroatoms. The quantitative estimate of drug-likeness (QED) is 0.553. The van der Waals surface area contributed by atoms with Gasteiger partial charge in [-0.05, 0) is 36.8 Å². The fourth-order valence-corrected chi connectivity index (χ4v) is 2.88. The van der Waals surface area contributed by atoms with Gasteiger partial charge in [-0.1, -0.05) is 33.6 Å². The maximum Gasteiger partial charge on any atom is 0.262 e. The summed E-state index contributed by atoms with van der Waals surface area (Å²) in [4.78, 5) is 12.1. The molecular weight excluding hydrogens is 426 g/mol. The van der Waals surface area contributed by atoms with Gasteiger partial charge in [-0.25, -0.2) is 4.68 Å². The van der Waals surface area contributed by atoms with Gasteiger partial charge in [0.2, 0.25) is 0 Å². The normalized spacial score (nSPS) is 10.4. The predicted molar refractivity (Wildman–Crippen MR) is 109 cm³/mol. The second kappa shape index (κ2) is 9.23. The maximum atomic E-state index is 12.1. The highest BCUT2D eigenvalue weighted by Gasteiger charge is 2.12. The van der Waals surface area contributed by atoms with Crippen molar-refractivity contribution in [1.29, 1.82) is 0 Å². The SMILES string of the molecule is COc1cc(CNn2cnnc2)c(Br)cc1OCC(=O)Nc1ccc(C)cc1. The summed E-state index contributed by atoms with van der Waals surface area (Å²) in [6.07, 6.45) is 3.13. The van der Waals surface area contributed by atoms with Crippen LogP contribution in [0, 0.1) is 6.92 Å². The zero-order chi connectivity index (χ0) is 19.9. The molecule has 3 aromatic rings. The minimum Gasteiger partial charge on any atom is -0.493 e. The van der Waals surface area contributed by atoms with Gasteiger partial charge in [-0.15, -0.1) is 10.2 Å². The van der Waals surface area contributed by atoms with E-state index in [1.165, 1.54) is 0 Å². The van der Waals surface area contributed by atoms with E-state index in [4.69, 9.17) is 9.47 Å². The molecule has 0 aliphatic rings. The molecule has 2 aromatic carbocycles. The average Bonchev–Trinajstić information content (AvgIpc) is 3.21. The van der Waals surface area contributed by atoms with Gasteiger partial charge in [0.1, 0.15) is 12.7 Å². The lowest BCUT2D eigenvalue weighted by molar-refractivity contribution is -0.118. The van der Waals surface area contributed by atoms with E-state index < -0.39 is 0 Å². The van der Waals surface area contributed by atoms with Crippen LogP contribution in [-0.2, 0) is 11.3 Å². The van der Waals surface area contributed by atoms with Gasteiger partial charge in [-0.2, -0.15) is 0 Å². The number of amides is 1. The van der Waals surface area contributed by atoms with Gasteiger partial charge >= 0.3 is 0 Å². The molecule has 0 unspecified atom stereocenters. The summed E-state index contributed by atoms with van der Waals surface area (Å²) in [6.45, 7) is 2.38. The van der Waals surface area contributed by atoms with Gasteiger partial charge in [-0.3, -0.25) is 4.79 Å². The number of nitrogens with zero attached hydrogens (tertiary/aromatic N) is 3. The van der Waals surface area contributed by atoms with E-state index in [0.29, 0.717) is 18.0 Å². The molecule has 2 N–H and O–H groups in total. The first-order chi connectivity index (χ1) is 13.5. The molecule has 0 fully saturated rings. The topological polar surface area (TPSA) is 90.3 Å². The first kappa shape index (κ1) is 19.7. The Balaban J connectivity index is 1.61. The Hall–Kier alpha value is -3.07. The summed E-state index contributed by atoms with van der Waals surface area (Å²) < 4.78 is 13.5. The molecule has 0 aliphatic heterocycles. The number of halogens is 1. The number of rotatable bonds is 8. The van der Waals surface area contributed by atoms with Crippen LogP contribution in [0.5, 0.6) is 11.5 Å². The van der Waals surface area contributed by atoms with E-state index in [2.05, 4.69) is 36.9 Å². The van der Waals surface area contributed by atoms with E-state index in [1.54, 1.807) is 30.5 Å².